The molecule has 0 unspecified atom stereocenters. The number of nitrogens with one attached hydrogen (secondary N) is 1. The van der Waals surface area contributed by atoms with E-state index in [0.717, 1.165) is 0 Å². The normalized spacial score (nSPS) is 23.8. The average molecular weight is 291 g/mol. The predicted octanol–water partition coefficient (Wildman–Crippen LogP) is 1.39. The molecule has 112 valence electrons. The van der Waals surface area contributed by atoms with E-state index in [2.05, 4.69) is 15.4 Å². The Hall–Kier alpha value is -1.61. The molecule has 20 heavy (non-hydrogen) atoms. The fourth-order valence-electron chi connectivity index (χ4n) is 2.16. The zero-order chi connectivity index (χ0) is 14.9. The van der Waals surface area contributed by atoms with Gasteiger partial charge in [-0.15, -0.1) is 0 Å². The second-order valence-electron chi connectivity index (χ2n) is 4.74. The van der Waals surface area contributed by atoms with Crippen molar-refractivity contribution in [1.82, 2.24) is 9.97 Å². The van der Waals surface area contributed by atoms with Gasteiger partial charge in [-0.25, -0.2) is 15.8 Å². The number of hydrogen-bond donors (Lipinski definition) is 2. The van der Waals surface area contributed by atoms with Crippen molar-refractivity contribution < 1.29 is 17.9 Å². The number of morpholine rings is 1. The summed E-state index contributed by atoms with van der Waals surface area (Å²) in [6.45, 7) is 4.64. The van der Waals surface area contributed by atoms with E-state index in [9.17, 15) is 13.2 Å². The van der Waals surface area contributed by atoms with Crippen LogP contribution in [0.1, 0.15) is 19.7 Å². The number of nitrogen functional groups attached to an aromatic ring is 1. The fourth-order valence-corrected chi connectivity index (χ4v) is 2.16. The summed E-state index contributed by atoms with van der Waals surface area (Å²) in [4.78, 5) is 8.64. The first kappa shape index (κ1) is 14.8. The van der Waals surface area contributed by atoms with E-state index in [1.807, 2.05) is 13.8 Å². The maximum absolute atomic E-state index is 12.8. The van der Waals surface area contributed by atoms with Crippen LogP contribution in [0.4, 0.5) is 24.8 Å². The molecule has 6 nitrogen and oxygen atoms in total. The van der Waals surface area contributed by atoms with Crippen LogP contribution < -0.4 is 16.2 Å². The molecule has 0 spiro atoms. The third kappa shape index (κ3) is 3.28. The van der Waals surface area contributed by atoms with E-state index >= 15 is 0 Å². The number of hydrogen-bond acceptors (Lipinski definition) is 6. The van der Waals surface area contributed by atoms with Crippen LogP contribution in [0.3, 0.4) is 0 Å². The first-order valence-electron chi connectivity index (χ1n) is 6.13. The molecule has 0 aromatic carbocycles. The minimum Gasteiger partial charge on any atom is -0.372 e. The van der Waals surface area contributed by atoms with Crippen LogP contribution in [0.5, 0.6) is 0 Å². The van der Waals surface area contributed by atoms with Gasteiger partial charge in [0, 0.05) is 19.2 Å². The lowest BCUT2D eigenvalue weighted by Crippen LogP contribution is -2.46. The maximum atomic E-state index is 12.8. The number of hydrazine groups is 1. The Morgan fingerprint density at radius 2 is 1.90 bits per heavy atom. The average Bonchev–Trinajstić information content (AvgIpc) is 2.36. The van der Waals surface area contributed by atoms with Crippen LogP contribution in [0.25, 0.3) is 0 Å². The van der Waals surface area contributed by atoms with Crippen molar-refractivity contribution in [3.8, 4) is 0 Å². The van der Waals surface area contributed by atoms with E-state index in [4.69, 9.17) is 10.6 Å². The number of anilines is 2. The second-order valence-corrected chi connectivity index (χ2v) is 4.74. The van der Waals surface area contributed by atoms with Crippen molar-refractivity contribution in [2.24, 2.45) is 5.84 Å². The molecule has 2 atom stereocenters. The van der Waals surface area contributed by atoms with Crippen molar-refractivity contribution in [2.75, 3.05) is 23.4 Å². The highest BCUT2D eigenvalue weighted by Crippen LogP contribution is 2.29. The standard InChI is InChI=1S/C11H16F3N5O/c1-6-4-19(5-7(2)20-6)9-3-8(18-15)16-10(17-9)11(12,13)14/h3,6-7H,4-5,15H2,1-2H3,(H,16,17,18)/t6-,7+. The molecule has 3 N–H and O–H groups in total. The molecule has 0 amide bonds. The molecule has 1 aromatic rings. The highest BCUT2D eigenvalue weighted by atomic mass is 19.4. The zero-order valence-corrected chi connectivity index (χ0v) is 11.1. The fraction of sp³-hybridized carbons (Fsp3) is 0.636. The summed E-state index contributed by atoms with van der Waals surface area (Å²) in [5.74, 6) is 4.06. The second kappa shape index (κ2) is 5.41. The van der Waals surface area contributed by atoms with Crippen molar-refractivity contribution in [1.29, 1.82) is 0 Å². The van der Waals surface area contributed by atoms with Gasteiger partial charge < -0.3 is 15.1 Å². The molecule has 1 saturated heterocycles. The molecule has 1 aromatic heterocycles. The Bertz CT molecular complexity index is 472. The first-order chi connectivity index (χ1) is 9.29. The van der Waals surface area contributed by atoms with Crippen LogP contribution in [0, 0.1) is 0 Å². The molecule has 1 aliphatic heterocycles. The third-order valence-corrected chi connectivity index (χ3v) is 2.86. The molecule has 2 rings (SSSR count). The van der Waals surface area contributed by atoms with Crippen LogP contribution in [0.2, 0.25) is 0 Å². The number of halogens is 3. The SMILES string of the molecule is C[C@@H]1CN(c2cc(NN)nc(C(F)(F)F)n2)C[C@H](C)O1. The van der Waals surface area contributed by atoms with Gasteiger partial charge >= 0.3 is 6.18 Å². The quantitative estimate of drug-likeness (QED) is 0.633. The Balaban J connectivity index is 2.35. The summed E-state index contributed by atoms with van der Waals surface area (Å²) in [6, 6.07) is 1.39. The molecular weight excluding hydrogens is 275 g/mol. The molecular formula is C11H16F3N5O. The molecule has 0 radical (unpaired) electrons. The number of nitrogens with zero attached hydrogens (tertiary/aromatic N) is 3. The Kier molecular flexibility index (Phi) is 4.00. The van der Waals surface area contributed by atoms with Crippen LogP contribution in [-0.2, 0) is 10.9 Å². The molecule has 0 saturated carbocycles. The van der Waals surface area contributed by atoms with E-state index < -0.39 is 12.0 Å². The van der Waals surface area contributed by atoms with Crippen molar-refractivity contribution >= 4 is 11.6 Å². The van der Waals surface area contributed by atoms with Gasteiger partial charge in [-0.05, 0) is 13.8 Å². The lowest BCUT2D eigenvalue weighted by molar-refractivity contribution is -0.144. The molecule has 9 heteroatoms. The van der Waals surface area contributed by atoms with E-state index in [-0.39, 0.29) is 23.8 Å². The van der Waals surface area contributed by atoms with Gasteiger partial charge in [-0.1, -0.05) is 0 Å². The predicted molar refractivity (Wildman–Crippen MR) is 67.1 cm³/mol. The van der Waals surface area contributed by atoms with Gasteiger partial charge in [0.25, 0.3) is 0 Å². The molecule has 0 bridgehead atoms. The van der Waals surface area contributed by atoms with E-state index in [0.29, 0.717) is 13.1 Å². The molecule has 2 heterocycles. The highest BCUT2D eigenvalue weighted by molar-refractivity contribution is 5.49. The lowest BCUT2D eigenvalue weighted by atomic mass is 10.2. The number of ether oxygens (including phenoxy) is 1. The summed E-state index contributed by atoms with van der Waals surface area (Å²) in [7, 11) is 0. The minimum atomic E-state index is -4.62. The van der Waals surface area contributed by atoms with Crippen molar-refractivity contribution in [3.63, 3.8) is 0 Å². The van der Waals surface area contributed by atoms with E-state index in [1.54, 1.807) is 4.90 Å². The summed E-state index contributed by atoms with van der Waals surface area (Å²) in [6.07, 6.45) is -4.79. The van der Waals surface area contributed by atoms with Crippen LogP contribution in [0.15, 0.2) is 6.07 Å². The Morgan fingerprint density at radius 1 is 1.30 bits per heavy atom. The summed E-state index contributed by atoms with van der Waals surface area (Å²) < 4.78 is 43.8. The number of alkyl halides is 3. The largest absolute Gasteiger partial charge is 0.451 e. The van der Waals surface area contributed by atoms with Gasteiger partial charge in [0.2, 0.25) is 5.82 Å². The molecule has 0 aliphatic carbocycles. The number of aromatic nitrogens is 2. The monoisotopic (exact) mass is 291 g/mol. The minimum absolute atomic E-state index is 0.0749. The highest BCUT2D eigenvalue weighted by Gasteiger charge is 2.36. The molecule has 1 fully saturated rings. The van der Waals surface area contributed by atoms with Gasteiger partial charge in [0.05, 0.1) is 12.2 Å². The maximum Gasteiger partial charge on any atom is 0.451 e. The Labute approximate surface area is 114 Å². The van der Waals surface area contributed by atoms with Crippen LogP contribution in [-0.4, -0.2) is 35.3 Å². The first-order valence-corrected chi connectivity index (χ1v) is 6.13. The number of nitrogens with two attached hydrogens (primary N) is 1. The van der Waals surface area contributed by atoms with Crippen molar-refractivity contribution in [2.45, 2.75) is 32.2 Å². The van der Waals surface area contributed by atoms with Gasteiger partial charge in [-0.3, -0.25) is 0 Å². The van der Waals surface area contributed by atoms with E-state index in [1.165, 1.54) is 6.07 Å². The molecule has 1 aliphatic rings. The smallest absolute Gasteiger partial charge is 0.372 e. The Morgan fingerprint density at radius 3 is 2.40 bits per heavy atom. The van der Waals surface area contributed by atoms with Crippen molar-refractivity contribution in [3.05, 3.63) is 11.9 Å². The summed E-state index contributed by atoms with van der Waals surface area (Å²) in [5, 5.41) is 0. The lowest BCUT2D eigenvalue weighted by Gasteiger charge is -2.36. The van der Waals surface area contributed by atoms with Gasteiger partial charge in [-0.2, -0.15) is 13.2 Å². The third-order valence-electron chi connectivity index (χ3n) is 2.86. The zero-order valence-electron chi connectivity index (χ0n) is 11.1. The van der Waals surface area contributed by atoms with Crippen LogP contribution >= 0.6 is 0 Å². The van der Waals surface area contributed by atoms with Gasteiger partial charge in [0.1, 0.15) is 11.6 Å². The topological polar surface area (TPSA) is 76.3 Å². The summed E-state index contributed by atoms with van der Waals surface area (Å²) in [5.41, 5.74) is 2.13. The summed E-state index contributed by atoms with van der Waals surface area (Å²) >= 11 is 0. The number of rotatable bonds is 2. The van der Waals surface area contributed by atoms with Gasteiger partial charge in [0.15, 0.2) is 0 Å².